The monoisotopic (exact) mass is 304 g/mol. The second-order valence-electron chi connectivity index (χ2n) is 6.01. The van der Waals surface area contributed by atoms with E-state index in [2.05, 4.69) is 56.3 Å². The number of H-pyrrole nitrogens is 1. The van der Waals surface area contributed by atoms with Crippen molar-refractivity contribution in [2.75, 3.05) is 13.1 Å². The highest BCUT2D eigenvalue weighted by atomic mass is 15.1. The maximum Gasteiger partial charge on any atom is 0.178 e. The molecule has 1 N–H and O–H groups in total. The second kappa shape index (κ2) is 6.34. The molecular formula is C19H20N4. The SMILES string of the molecule is C1=C(c2nc3ncccc3[nH]2)CCCN(Cc2ccccc2)C1. The van der Waals surface area contributed by atoms with Gasteiger partial charge in [-0.25, -0.2) is 9.97 Å². The first kappa shape index (κ1) is 14.2. The fraction of sp³-hybridized carbons (Fsp3) is 0.263. The maximum atomic E-state index is 4.63. The van der Waals surface area contributed by atoms with Gasteiger partial charge >= 0.3 is 0 Å². The summed E-state index contributed by atoms with van der Waals surface area (Å²) in [4.78, 5) is 14.8. The van der Waals surface area contributed by atoms with Crippen LogP contribution in [0.1, 0.15) is 24.2 Å². The highest BCUT2D eigenvalue weighted by Gasteiger charge is 2.14. The molecule has 3 aromatic rings. The Morgan fingerprint density at radius 2 is 2.00 bits per heavy atom. The van der Waals surface area contributed by atoms with Crippen LogP contribution >= 0.6 is 0 Å². The topological polar surface area (TPSA) is 44.8 Å². The third-order valence-electron chi connectivity index (χ3n) is 4.33. The van der Waals surface area contributed by atoms with Gasteiger partial charge in [0.2, 0.25) is 0 Å². The summed E-state index contributed by atoms with van der Waals surface area (Å²) in [6.07, 6.45) is 6.32. The molecule has 4 heteroatoms. The fourth-order valence-electron chi connectivity index (χ4n) is 3.12. The first-order chi connectivity index (χ1) is 11.4. The number of nitrogens with one attached hydrogen (secondary N) is 1. The number of nitrogens with zero attached hydrogens (tertiary/aromatic N) is 3. The van der Waals surface area contributed by atoms with Crippen molar-refractivity contribution < 1.29 is 0 Å². The molecule has 0 bridgehead atoms. The van der Waals surface area contributed by atoms with Crippen molar-refractivity contribution in [2.24, 2.45) is 0 Å². The summed E-state index contributed by atoms with van der Waals surface area (Å²) in [5, 5.41) is 0. The summed E-state index contributed by atoms with van der Waals surface area (Å²) in [5.74, 6) is 0.972. The first-order valence-corrected chi connectivity index (χ1v) is 8.15. The zero-order valence-corrected chi connectivity index (χ0v) is 13.1. The Bertz CT molecular complexity index is 787. The molecule has 1 aromatic carbocycles. The lowest BCUT2D eigenvalue weighted by Gasteiger charge is -2.18. The third kappa shape index (κ3) is 3.17. The lowest BCUT2D eigenvalue weighted by molar-refractivity contribution is 0.297. The average Bonchev–Trinajstić information content (AvgIpc) is 2.89. The predicted octanol–water partition coefficient (Wildman–Crippen LogP) is 3.64. The van der Waals surface area contributed by atoms with Crippen LogP contribution in [0.15, 0.2) is 54.7 Å². The zero-order valence-electron chi connectivity index (χ0n) is 13.1. The smallest absolute Gasteiger partial charge is 0.178 e. The fourth-order valence-corrected chi connectivity index (χ4v) is 3.12. The van der Waals surface area contributed by atoms with E-state index >= 15 is 0 Å². The van der Waals surface area contributed by atoms with Crippen molar-refractivity contribution in [3.63, 3.8) is 0 Å². The van der Waals surface area contributed by atoms with Gasteiger partial charge in [0, 0.05) is 19.3 Å². The molecule has 23 heavy (non-hydrogen) atoms. The number of pyridine rings is 1. The number of fused-ring (bicyclic) bond motifs is 1. The molecule has 1 aliphatic heterocycles. The summed E-state index contributed by atoms with van der Waals surface area (Å²) in [7, 11) is 0. The van der Waals surface area contributed by atoms with Crippen LogP contribution in [0.5, 0.6) is 0 Å². The lowest BCUT2D eigenvalue weighted by Crippen LogP contribution is -2.23. The Hall–Kier alpha value is -2.46. The minimum Gasteiger partial charge on any atom is -0.337 e. The van der Waals surface area contributed by atoms with Crippen LogP contribution in [0.3, 0.4) is 0 Å². The van der Waals surface area contributed by atoms with Gasteiger partial charge in [-0.15, -0.1) is 0 Å². The van der Waals surface area contributed by atoms with Crippen molar-refractivity contribution in [2.45, 2.75) is 19.4 Å². The van der Waals surface area contributed by atoms with Gasteiger partial charge in [-0.3, -0.25) is 4.90 Å². The maximum absolute atomic E-state index is 4.63. The van der Waals surface area contributed by atoms with Crippen molar-refractivity contribution in [1.82, 2.24) is 19.9 Å². The Labute approximate surface area is 135 Å². The summed E-state index contributed by atoms with van der Waals surface area (Å²) < 4.78 is 0. The molecule has 0 saturated carbocycles. The minimum atomic E-state index is 0.800. The molecule has 2 aromatic heterocycles. The molecule has 116 valence electrons. The molecule has 1 aliphatic rings. The molecule has 4 rings (SSSR count). The van der Waals surface area contributed by atoms with Crippen LogP contribution in [0.2, 0.25) is 0 Å². The zero-order chi connectivity index (χ0) is 15.5. The lowest BCUT2D eigenvalue weighted by atomic mass is 10.1. The van der Waals surface area contributed by atoms with Crippen LogP contribution in [0, 0.1) is 0 Å². The number of hydrogen-bond donors (Lipinski definition) is 1. The largest absolute Gasteiger partial charge is 0.337 e. The van der Waals surface area contributed by atoms with Crippen LogP contribution in [0.25, 0.3) is 16.7 Å². The summed E-state index contributed by atoms with van der Waals surface area (Å²) in [6.45, 7) is 3.09. The molecule has 0 spiro atoms. The van der Waals surface area contributed by atoms with E-state index in [0.717, 1.165) is 49.5 Å². The van der Waals surface area contributed by atoms with Gasteiger partial charge in [0.15, 0.2) is 5.65 Å². The van der Waals surface area contributed by atoms with Crippen molar-refractivity contribution in [3.8, 4) is 0 Å². The Kier molecular flexibility index (Phi) is 3.90. The number of hydrogen-bond acceptors (Lipinski definition) is 3. The van der Waals surface area contributed by atoms with Gasteiger partial charge in [-0.1, -0.05) is 36.4 Å². The van der Waals surface area contributed by atoms with E-state index in [0.29, 0.717) is 0 Å². The highest BCUT2D eigenvalue weighted by Crippen LogP contribution is 2.23. The average molecular weight is 304 g/mol. The van der Waals surface area contributed by atoms with Gasteiger partial charge in [0.05, 0.1) is 5.52 Å². The molecule has 4 nitrogen and oxygen atoms in total. The number of aromatic amines is 1. The quantitative estimate of drug-likeness (QED) is 0.803. The molecule has 0 saturated heterocycles. The third-order valence-corrected chi connectivity index (χ3v) is 4.33. The van der Waals surface area contributed by atoms with Crippen molar-refractivity contribution in [3.05, 3.63) is 66.1 Å². The molecule has 0 aliphatic carbocycles. The summed E-state index contributed by atoms with van der Waals surface area (Å²) in [5.41, 5.74) is 4.48. The number of rotatable bonds is 3. The molecule has 0 fully saturated rings. The van der Waals surface area contributed by atoms with Gasteiger partial charge < -0.3 is 4.98 Å². The molecule has 0 unspecified atom stereocenters. The molecular weight excluding hydrogens is 284 g/mol. The van der Waals surface area contributed by atoms with Gasteiger partial charge in [-0.05, 0) is 42.7 Å². The molecule has 0 amide bonds. The van der Waals surface area contributed by atoms with E-state index in [1.165, 1.54) is 11.1 Å². The number of allylic oxidation sites excluding steroid dienone is 1. The van der Waals surface area contributed by atoms with Crippen LogP contribution in [0.4, 0.5) is 0 Å². The van der Waals surface area contributed by atoms with Crippen LogP contribution < -0.4 is 0 Å². The number of imidazole rings is 1. The van der Waals surface area contributed by atoms with Gasteiger partial charge in [-0.2, -0.15) is 0 Å². The predicted molar refractivity (Wildman–Crippen MR) is 92.8 cm³/mol. The van der Waals surface area contributed by atoms with E-state index in [1.54, 1.807) is 6.20 Å². The second-order valence-corrected chi connectivity index (χ2v) is 6.01. The van der Waals surface area contributed by atoms with Crippen LogP contribution in [-0.2, 0) is 6.54 Å². The van der Waals surface area contributed by atoms with Crippen molar-refractivity contribution >= 4 is 16.7 Å². The molecule has 3 heterocycles. The van der Waals surface area contributed by atoms with Gasteiger partial charge in [0.25, 0.3) is 0 Å². The standard InChI is InChI=1S/C19H20N4/c1-2-6-15(7-3-1)14-23-12-5-8-16(10-13-23)18-21-17-9-4-11-20-19(17)22-18/h1-4,6-7,9-11H,5,8,12-14H2,(H,20,21,22). The van der Waals surface area contributed by atoms with Gasteiger partial charge in [0.1, 0.15) is 5.82 Å². The summed E-state index contributed by atoms with van der Waals surface area (Å²) >= 11 is 0. The van der Waals surface area contributed by atoms with E-state index in [9.17, 15) is 0 Å². The Morgan fingerprint density at radius 3 is 2.87 bits per heavy atom. The Balaban J connectivity index is 1.52. The van der Waals surface area contributed by atoms with Crippen molar-refractivity contribution in [1.29, 1.82) is 0 Å². The molecule has 0 radical (unpaired) electrons. The summed E-state index contributed by atoms with van der Waals surface area (Å²) in [6, 6.07) is 14.6. The first-order valence-electron chi connectivity index (χ1n) is 8.15. The normalized spacial score (nSPS) is 16.3. The molecule has 0 atom stereocenters. The number of aromatic nitrogens is 3. The number of benzene rings is 1. The highest BCUT2D eigenvalue weighted by molar-refractivity contribution is 5.75. The minimum absolute atomic E-state index is 0.800. The Morgan fingerprint density at radius 1 is 1.09 bits per heavy atom. The van der Waals surface area contributed by atoms with Crippen LogP contribution in [-0.4, -0.2) is 32.9 Å². The van der Waals surface area contributed by atoms with E-state index in [-0.39, 0.29) is 0 Å². The van der Waals surface area contributed by atoms with E-state index in [4.69, 9.17) is 0 Å². The van der Waals surface area contributed by atoms with E-state index < -0.39 is 0 Å². The van der Waals surface area contributed by atoms with E-state index in [1.807, 2.05) is 12.1 Å².